The Hall–Kier alpha value is -2.30. The highest BCUT2D eigenvalue weighted by atomic mass is 16.5. The van der Waals surface area contributed by atoms with E-state index in [4.69, 9.17) is 9.15 Å². The maximum Gasteiger partial charge on any atom is 0.336 e. The second kappa shape index (κ2) is 7.30. The number of hydrogen-bond donors (Lipinski definition) is 0. The van der Waals surface area contributed by atoms with Crippen molar-refractivity contribution in [2.24, 2.45) is 5.92 Å². The molecular formula is C20H25NO4. The van der Waals surface area contributed by atoms with Crippen LogP contribution in [0.5, 0.6) is 5.75 Å². The largest absolute Gasteiger partial charge is 0.483 e. The third-order valence-electron chi connectivity index (χ3n) is 4.87. The van der Waals surface area contributed by atoms with Gasteiger partial charge in [-0.2, -0.15) is 0 Å². The van der Waals surface area contributed by atoms with E-state index in [0.29, 0.717) is 17.3 Å². The number of fused-ring (bicyclic) bond motifs is 1. The van der Waals surface area contributed by atoms with Crippen LogP contribution in [0.3, 0.4) is 0 Å². The predicted molar refractivity (Wildman–Crippen MR) is 97.1 cm³/mol. The summed E-state index contributed by atoms with van der Waals surface area (Å²) in [5, 5.41) is 0.903. The third-order valence-corrected chi connectivity index (χ3v) is 4.87. The van der Waals surface area contributed by atoms with E-state index in [1.165, 1.54) is 12.5 Å². The van der Waals surface area contributed by atoms with Crippen LogP contribution in [0.25, 0.3) is 11.0 Å². The van der Waals surface area contributed by atoms with Crippen molar-refractivity contribution >= 4 is 16.9 Å². The third kappa shape index (κ3) is 3.86. The Morgan fingerprint density at radius 2 is 2.16 bits per heavy atom. The van der Waals surface area contributed by atoms with Gasteiger partial charge in [0.15, 0.2) is 6.61 Å². The molecule has 2 aromatic rings. The van der Waals surface area contributed by atoms with Crippen LogP contribution in [0.4, 0.5) is 0 Å². The van der Waals surface area contributed by atoms with Gasteiger partial charge in [-0.3, -0.25) is 4.79 Å². The number of carbonyl (C=O) groups excluding carboxylic acids is 1. The van der Waals surface area contributed by atoms with Gasteiger partial charge in [0.1, 0.15) is 11.3 Å². The number of benzene rings is 1. The Labute approximate surface area is 147 Å². The molecule has 0 saturated carbocycles. The zero-order valence-corrected chi connectivity index (χ0v) is 15.1. The number of ether oxygens (including phenoxy) is 1. The lowest BCUT2D eigenvalue weighted by Crippen LogP contribution is -2.41. The summed E-state index contributed by atoms with van der Waals surface area (Å²) in [6.07, 6.45) is 3.00. The van der Waals surface area contributed by atoms with Gasteiger partial charge in [-0.15, -0.1) is 0 Å². The van der Waals surface area contributed by atoms with Crippen LogP contribution in [0.15, 0.2) is 27.4 Å². The van der Waals surface area contributed by atoms with E-state index in [-0.39, 0.29) is 18.1 Å². The zero-order chi connectivity index (χ0) is 18.0. The lowest BCUT2D eigenvalue weighted by molar-refractivity contribution is -0.135. The average Bonchev–Trinajstić information content (AvgIpc) is 2.58. The van der Waals surface area contributed by atoms with E-state index in [9.17, 15) is 9.59 Å². The minimum absolute atomic E-state index is 0.0133. The Morgan fingerprint density at radius 1 is 1.36 bits per heavy atom. The van der Waals surface area contributed by atoms with Crippen LogP contribution in [0, 0.1) is 12.8 Å². The SMILES string of the molecule is CCc1cc2c(C)cc(=O)oc2cc1OCC(=O)N1CCC[C@H](C)C1. The molecule has 0 N–H and O–H groups in total. The van der Waals surface area contributed by atoms with Gasteiger partial charge in [0, 0.05) is 30.6 Å². The monoisotopic (exact) mass is 343 g/mol. The molecule has 1 atom stereocenters. The van der Waals surface area contributed by atoms with Gasteiger partial charge in [-0.1, -0.05) is 13.8 Å². The van der Waals surface area contributed by atoms with Gasteiger partial charge < -0.3 is 14.1 Å². The van der Waals surface area contributed by atoms with Crippen LogP contribution >= 0.6 is 0 Å². The van der Waals surface area contributed by atoms with E-state index in [0.717, 1.165) is 42.4 Å². The molecule has 1 saturated heterocycles. The Kier molecular flexibility index (Phi) is 5.11. The lowest BCUT2D eigenvalue weighted by atomic mass is 10.0. The summed E-state index contributed by atoms with van der Waals surface area (Å²) in [4.78, 5) is 25.9. The Balaban J connectivity index is 1.80. The van der Waals surface area contributed by atoms with Crippen molar-refractivity contribution in [1.29, 1.82) is 0 Å². The van der Waals surface area contributed by atoms with Crippen LogP contribution in [-0.2, 0) is 11.2 Å². The highest BCUT2D eigenvalue weighted by Gasteiger charge is 2.21. The number of hydrogen-bond acceptors (Lipinski definition) is 4. The van der Waals surface area contributed by atoms with Gasteiger partial charge in [-0.25, -0.2) is 4.79 Å². The number of nitrogens with zero attached hydrogens (tertiary/aromatic N) is 1. The summed E-state index contributed by atoms with van der Waals surface area (Å²) >= 11 is 0. The van der Waals surface area contributed by atoms with Crippen LogP contribution in [-0.4, -0.2) is 30.5 Å². The molecule has 1 aromatic carbocycles. The predicted octanol–water partition coefficient (Wildman–Crippen LogP) is 3.30. The molecule has 1 aromatic heterocycles. The minimum atomic E-state index is -0.376. The molecule has 5 nitrogen and oxygen atoms in total. The molecule has 25 heavy (non-hydrogen) atoms. The molecule has 1 amide bonds. The van der Waals surface area contributed by atoms with Gasteiger partial charge >= 0.3 is 5.63 Å². The summed E-state index contributed by atoms with van der Waals surface area (Å²) in [5.74, 6) is 1.17. The first-order valence-corrected chi connectivity index (χ1v) is 8.96. The van der Waals surface area contributed by atoms with Crippen molar-refractivity contribution in [3.05, 3.63) is 39.7 Å². The average molecular weight is 343 g/mol. The molecule has 0 radical (unpaired) electrons. The molecule has 2 heterocycles. The first kappa shape index (κ1) is 17.5. The van der Waals surface area contributed by atoms with Crippen LogP contribution < -0.4 is 10.4 Å². The normalized spacial score (nSPS) is 17.7. The topological polar surface area (TPSA) is 59.8 Å². The number of rotatable bonds is 4. The minimum Gasteiger partial charge on any atom is -0.483 e. The quantitative estimate of drug-likeness (QED) is 0.799. The molecule has 0 bridgehead atoms. The number of aryl methyl sites for hydroxylation is 2. The van der Waals surface area contributed by atoms with Crippen molar-refractivity contribution < 1.29 is 13.9 Å². The summed E-state index contributed by atoms with van der Waals surface area (Å²) in [5.41, 5.74) is 2.00. The molecule has 0 unspecified atom stereocenters. The molecule has 0 aliphatic carbocycles. The van der Waals surface area contributed by atoms with Crippen molar-refractivity contribution in [2.75, 3.05) is 19.7 Å². The molecule has 1 aliphatic rings. The summed E-state index contributed by atoms with van der Waals surface area (Å²) < 4.78 is 11.1. The molecule has 134 valence electrons. The molecule has 3 rings (SSSR count). The van der Waals surface area contributed by atoms with Crippen LogP contribution in [0.1, 0.15) is 37.8 Å². The van der Waals surface area contributed by atoms with E-state index in [2.05, 4.69) is 6.92 Å². The van der Waals surface area contributed by atoms with Gasteiger partial charge in [0.25, 0.3) is 5.91 Å². The number of likely N-dealkylation sites (tertiary alicyclic amines) is 1. The molecule has 1 fully saturated rings. The summed E-state index contributed by atoms with van der Waals surface area (Å²) in [7, 11) is 0. The standard InChI is InChI=1S/C20H25NO4/c1-4-15-9-16-14(3)8-20(23)25-18(16)10-17(15)24-12-19(22)21-7-5-6-13(2)11-21/h8-10,13H,4-7,11-12H2,1-3H3/t13-/m0/s1. The van der Waals surface area contributed by atoms with Crippen molar-refractivity contribution in [3.63, 3.8) is 0 Å². The lowest BCUT2D eigenvalue weighted by Gasteiger charge is -2.30. The fourth-order valence-corrected chi connectivity index (χ4v) is 3.45. The van der Waals surface area contributed by atoms with Crippen molar-refractivity contribution in [1.82, 2.24) is 4.90 Å². The van der Waals surface area contributed by atoms with Gasteiger partial charge in [0.05, 0.1) is 0 Å². The second-order valence-corrected chi connectivity index (χ2v) is 6.93. The maximum atomic E-state index is 12.4. The number of amides is 1. The smallest absolute Gasteiger partial charge is 0.336 e. The number of piperidine rings is 1. The maximum absolute atomic E-state index is 12.4. The van der Waals surface area contributed by atoms with Crippen LogP contribution in [0.2, 0.25) is 0 Å². The Bertz CT molecular complexity index is 839. The molecule has 1 aliphatic heterocycles. The molecule has 0 spiro atoms. The first-order valence-electron chi connectivity index (χ1n) is 8.96. The highest BCUT2D eigenvalue weighted by molar-refractivity contribution is 5.83. The fraction of sp³-hybridized carbons (Fsp3) is 0.500. The van der Waals surface area contributed by atoms with E-state index < -0.39 is 0 Å². The summed E-state index contributed by atoms with van der Waals surface area (Å²) in [6, 6.07) is 5.20. The van der Waals surface area contributed by atoms with Gasteiger partial charge in [-0.05, 0) is 49.3 Å². The van der Waals surface area contributed by atoms with E-state index >= 15 is 0 Å². The van der Waals surface area contributed by atoms with E-state index in [1.807, 2.05) is 24.8 Å². The zero-order valence-electron chi connectivity index (χ0n) is 15.1. The molecular weight excluding hydrogens is 318 g/mol. The Morgan fingerprint density at radius 3 is 2.88 bits per heavy atom. The van der Waals surface area contributed by atoms with Crippen molar-refractivity contribution in [3.8, 4) is 5.75 Å². The highest BCUT2D eigenvalue weighted by Crippen LogP contribution is 2.28. The molecule has 5 heteroatoms. The van der Waals surface area contributed by atoms with E-state index in [1.54, 1.807) is 6.07 Å². The summed E-state index contributed by atoms with van der Waals surface area (Å²) in [6.45, 7) is 7.72. The van der Waals surface area contributed by atoms with Crippen molar-refractivity contribution in [2.45, 2.75) is 40.0 Å². The van der Waals surface area contributed by atoms with Gasteiger partial charge in [0.2, 0.25) is 0 Å². The fourth-order valence-electron chi connectivity index (χ4n) is 3.45. The second-order valence-electron chi connectivity index (χ2n) is 6.93. The first-order chi connectivity index (χ1) is 12.0. The number of carbonyl (C=O) groups is 1.